The number of hydrogen-bond donors (Lipinski definition) is 2. The SMILES string of the molecule is CCCCOc1ccc(CN2C[C@@H]3C[C@H]4[C@@H]5C[C@H](F)C6=CC(=O)C=C[C@]6(C)[C@@]5(F)[C@@H](O)C[C@]4(C)[C@]3(C(=O)O)O2)cc1. The number of aliphatic carboxylic acids is 1. The van der Waals surface area contributed by atoms with Crippen molar-refractivity contribution in [3.8, 4) is 5.75 Å². The monoisotopic (exact) mass is 571 g/mol. The highest BCUT2D eigenvalue weighted by molar-refractivity contribution is 6.01. The zero-order chi connectivity index (χ0) is 29.4. The second-order valence-corrected chi connectivity index (χ2v) is 13.1. The summed E-state index contributed by atoms with van der Waals surface area (Å²) >= 11 is 0. The van der Waals surface area contributed by atoms with Gasteiger partial charge in [0.15, 0.2) is 17.1 Å². The molecule has 9 heteroatoms. The van der Waals surface area contributed by atoms with E-state index in [1.54, 1.807) is 18.9 Å². The maximum Gasteiger partial charge on any atom is 0.339 e. The average Bonchev–Trinajstić information content (AvgIpc) is 3.41. The van der Waals surface area contributed by atoms with Crippen molar-refractivity contribution in [3.05, 3.63) is 53.6 Å². The Hall–Kier alpha value is -2.62. The lowest BCUT2D eigenvalue weighted by Crippen LogP contribution is -2.70. The van der Waals surface area contributed by atoms with Gasteiger partial charge < -0.3 is 14.9 Å². The topological polar surface area (TPSA) is 96.3 Å². The summed E-state index contributed by atoms with van der Waals surface area (Å²) < 4.78 is 38.8. The van der Waals surface area contributed by atoms with Gasteiger partial charge in [0.2, 0.25) is 0 Å². The average molecular weight is 572 g/mol. The van der Waals surface area contributed by atoms with Crippen LogP contribution in [0.2, 0.25) is 0 Å². The van der Waals surface area contributed by atoms with Gasteiger partial charge in [0.05, 0.1) is 12.7 Å². The molecule has 3 saturated carbocycles. The van der Waals surface area contributed by atoms with Gasteiger partial charge in [-0.15, -0.1) is 0 Å². The number of carboxylic acid groups (broad SMARTS) is 1. The Morgan fingerprint density at radius 2 is 1.93 bits per heavy atom. The highest BCUT2D eigenvalue weighted by Gasteiger charge is 2.80. The lowest BCUT2D eigenvalue weighted by molar-refractivity contribution is -0.275. The summed E-state index contributed by atoms with van der Waals surface area (Å²) in [5.41, 5.74) is -5.58. The van der Waals surface area contributed by atoms with Gasteiger partial charge in [-0.2, -0.15) is 5.06 Å². The van der Waals surface area contributed by atoms with Crippen molar-refractivity contribution in [2.75, 3.05) is 13.2 Å². The Bertz CT molecular complexity index is 1300. The first kappa shape index (κ1) is 28.5. The van der Waals surface area contributed by atoms with Gasteiger partial charge in [0, 0.05) is 35.8 Å². The first-order chi connectivity index (χ1) is 19.4. The lowest BCUT2D eigenvalue weighted by Gasteiger charge is -2.63. The van der Waals surface area contributed by atoms with Crippen LogP contribution in [0.3, 0.4) is 0 Å². The summed E-state index contributed by atoms with van der Waals surface area (Å²) in [7, 11) is 0. The standard InChI is InChI=1S/C32H39F2NO6/c1-4-5-12-40-22-8-6-19(7-9-22)17-35-18-20-13-23-24-15-26(33)25-14-21(36)10-11-29(25,2)31(24,34)27(37)16-30(23,3)32(20,41-35)28(38)39/h6-11,14,20,23-24,26-27,37H,4-5,12-13,15-18H2,1-3H3,(H,38,39)/t20-,23-,24-,26-,27-,29-,30-,31-,32-/m0/s1. The smallest absolute Gasteiger partial charge is 0.339 e. The zero-order valence-corrected chi connectivity index (χ0v) is 23.8. The molecule has 1 saturated heterocycles. The van der Waals surface area contributed by atoms with E-state index in [2.05, 4.69) is 6.92 Å². The van der Waals surface area contributed by atoms with E-state index in [9.17, 15) is 19.8 Å². The van der Waals surface area contributed by atoms with Crippen molar-refractivity contribution in [2.24, 2.45) is 28.6 Å². The minimum Gasteiger partial charge on any atom is -0.494 e. The van der Waals surface area contributed by atoms with Crippen molar-refractivity contribution in [1.82, 2.24) is 5.06 Å². The number of benzene rings is 1. The summed E-state index contributed by atoms with van der Waals surface area (Å²) in [5.74, 6) is -2.70. The molecular weight excluding hydrogens is 532 g/mol. The number of alkyl halides is 2. The van der Waals surface area contributed by atoms with Crippen molar-refractivity contribution in [2.45, 2.75) is 83.0 Å². The van der Waals surface area contributed by atoms with E-state index in [1.807, 2.05) is 24.3 Å². The molecule has 0 spiro atoms. The van der Waals surface area contributed by atoms with Gasteiger partial charge in [-0.1, -0.05) is 38.5 Å². The lowest BCUT2D eigenvalue weighted by atomic mass is 9.44. The van der Waals surface area contributed by atoms with E-state index in [1.165, 1.54) is 12.2 Å². The molecule has 9 atom stereocenters. The van der Waals surface area contributed by atoms with E-state index in [-0.39, 0.29) is 18.4 Å². The van der Waals surface area contributed by atoms with Gasteiger partial charge in [-0.25, -0.2) is 13.6 Å². The molecule has 4 fully saturated rings. The van der Waals surface area contributed by atoms with Crippen LogP contribution in [-0.4, -0.2) is 63.7 Å². The van der Waals surface area contributed by atoms with Crippen LogP contribution in [0.5, 0.6) is 5.75 Å². The molecule has 0 unspecified atom stereocenters. The maximum atomic E-state index is 17.4. The van der Waals surface area contributed by atoms with E-state index in [4.69, 9.17) is 9.57 Å². The zero-order valence-electron chi connectivity index (χ0n) is 23.8. The first-order valence-electron chi connectivity index (χ1n) is 14.8. The van der Waals surface area contributed by atoms with Gasteiger partial charge >= 0.3 is 5.97 Å². The molecule has 0 aromatic heterocycles. The second kappa shape index (κ2) is 9.71. The summed E-state index contributed by atoms with van der Waals surface area (Å²) in [5, 5.41) is 23.9. The molecule has 1 aliphatic heterocycles. The molecule has 0 radical (unpaired) electrons. The number of hydroxylamine groups is 2. The molecule has 1 aromatic carbocycles. The number of aliphatic hydroxyl groups excluding tert-OH is 1. The van der Waals surface area contributed by atoms with Crippen LogP contribution < -0.4 is 4.74 Å². The Morgan fingerprint density at radius 1 is 1.20 bits per heavy atom. The van der Waals surface area contributed by atoms with Gasteiger partial charge in [-0.05, 0) is 73.9 Å². The normalized spacial score (nSPS) is 43.1. The fourth-order valence-electron chi connectivity index (χ4n) is 9.01. The van der Waals surface area contributed by atoms with Crippen molar-refractivity contribution >= 4 is 11.8 Å². The van der Waals surface area contributed by atoms with Crippen LogP contribution in [0, 0.1) is 28.6 Å². The van der Waals surface area contributed by atoms with Crippen molar-refractivity contribution in [3.63, 3.8) is 0 Å². The number of carboxylic acids is 1. The Kier molecular flexibility index (Phi) is 6.75. The van der Waals surface area contributed by atoms with Crippen LogP contribution in [0.15, 0.2) is 48.1 Å². The van der Waals surface area contributed by atoms with Crippen molar-refractivity contribution in [1.29, 1.82) is 0 Å². The largest absolute Gasteiger partial charge is 0.494 e. The number of rotatable bonds is 7. The Labute approximate surface area is 239 Å². The van der Waals surface area contributed by atoms with Crippen LogP contribution in [0.1, 0.15) is 58.4 Å². The summed E-state index contributed by atoms with van der Waals surface area (Å²) in [4.78, 5) is 31.5. The van der Waals surface area contributed by atoms with Gasteiger partial charge in [-0.3, -0.25) is 9.63 Å². The number of allylic oxidation sites excluding steroid dienone is 4. The van der Waals surface area contributed by atoms with Crippen LogP contribution >= 0.6 is 0 Å². The molecule has 4 aliphatic carbocycles. The Morgan fingerprint density at radius 3 is 2.61 bits per heavy atom. The highest BCUT2D eigenvalue weighted by atomic mass is 19.1. The van der Waals surface area contributed by atoms with E-state index >= 15 is 8.78 Å². The van der Waals surface area contributed by atoms with E-state index in [0.717, 1.165) is 30.2 Å². The van der Waals surface area contributed by atoms with Gasteiger partial charge in [0.25, 0.3) is 0 Å². The number of unbranched alkanes of at least 4 members (excludes halogenated alkanes) is 1. The molecule has 41 heavy (non-hydrogen) atoms. The number of ether oxygens (including phenoxy) is 1. The highest BCUT2D eigenvalue weighted by Crippen LogP contribution is 2.72. The molecule has 6 rings (SSSR count). The number of nitrogens with zero attached hydrogens (tertiary/aromatic N) is 1. The summed E-state index contributed by atoms with van der Waals surface area (Å²) in [6.45, 7) is 6.75. The number of aliphatic hydroxyl groups is 1. The minimum atomic E-state index is -2.25. The van der Waals surface area contributed by atoms with Crippen LogP contribution in [-0.2, 0) is 21.0 Å². The fourth-order valence-corrected chi connectivity index (χ4v) is 9.01. The quantitative estimate of drug-likeness (QED) is 0.446. The molecular formula is C32H39F2NO6. The van der Waals surface area contributed by atoms with Crippen LogP contribution in [0.4, 0.5) is 8.78 Å². The van der Waals surface area contributed by atoms with E-state index < -0.39 is 63.9 Å². The molecule has 5 aliphatic rings. The Balaban J connectivity index is 1.28. The number of hydrogen-bond acceptors (Lipinski definition) is 6. The third kappa shape index (κ3) is 3.84. The van der Waals surface area contributed by atoms with Crippen LogP contribution in [0.25, 0.3) is 0 Å². The number of carbonyl (C=O) groups is 2. The number of ketones is 1. The minimum absolute atomic E-state index is 0.0572. The second-order valence-electron chi connectivity index (χ2n) is 13.1. The number of fused-ring (bicyclic) bond motifs is 7. The summed E-state index contributed by atoms with van der Waals surface area (Å²) in [6, 6.07) is 7.63. The predicted molar refractivity (Wildman–Crippen MR) is 146 cm³/mol. The molecule has 0 bridgehead atoms. The first-order valence-corrected chi connectivity index (χ1v) is 14.8. The fraction of sp³-hybridized carbons (Fsp3) is 0.625. The molecule has 222 valence electrons. The predicted octanol–water partition coefficient (Wildman–Crippen LogP) is 4.98. The maximum absolute atomic E-state index is 17.4. The van der Waals surface area contributed by atoms with Gasteiger partial charge in [0.1, 0.15) is 11.9 Å². The molecule has 1 aromatic rings. The molecule has 1 heterocycles. The number of carbonyl (C=O) groups excluding carboxylic acids is 1. The molecule has 7 nitrogen and oxygen atoms in total. The van der Waals surface area contributed by atoms with Crippen molar-refractivity contribution < 1.29 is 38.2 Å². The third-order valence-electron chi connectivity index (χ3n) is 11.0. The molecule has 2 N–H and O–H groups in total. The van der Waals surface area contributed by atoms with E-state index in [0.29, 0.717) is 26.1 Å². The molecule has 0 amide bonds. The summed E-state index contributed by atoms with van der Waals surface area (Å²) in [6.07, 6.45) is 2.67. The number of halogens is 2. The third-order valence-corrected chi connectivity index (χ3v) is 11.0.